The van der Waals surface area contributed by atoms with Gasteiger partial charge in [0.2, 0.25) is 0 Å². The quantitative estimate of drug-likeness (QED) is 0.224. The van der Waals surface area contributed by atoms with Crippen LogP contribution in [0.5, 0.6) is 0 Å². The molecule has 7 nitrogen and oxygen atoms in total. The molecule has 9 heteroatoms. The number of thiazole rings is 1. The summed E-state index contributed by atoms with van der Waals surface area (Å²) in [7, 11) is 1.67. The third-order valence-corrected chi connectivity index (χ3v) is 6.30. The summed E-state index contributed by atoms with van der Waals surface area (Å²) in [6.45, 7) is 9.50. The lowest BCUT2D eigenvalue weighted by molar-refractivity contribution is 0.0970. The molecule has 0 aliphatic carbocycles. The molecule has 0 bridgehead atoms. The molecule has 3 aromatic rings. The summed E-state index contributed by atoms with van der Waals surface area (Å²) in [5, 5.41) is 0. The van der Waals surface area contributed by atoms with Gasteiger partial charge < -0.3 is 13.9 Å². The van der Waals surface area contributed by atoms with Crippen molar-refractivity contribution < 1.29 is 9.53 Å². The third-order valence-electron chi connectivity index (χ3n) is 4.87. The number of aryl methyl sites for hydroxylation is 1. The van der Waals surface area contributed by atoms with E-state index in [-0.39, 0.29) is 17.9 Å². The van der Waals surface area contributed by atoms with Gasteiger partial charge in [0.1, 0.15) is 11.0 Å². The Kier molecular flexibility index (Phi) is 6.61. The maximum Gasteiger partial charge on any atom is 0.273 e. The highest BCUT2D eigenvalue weighted by atomic mass is 32.1. The van der Waals surface area contributed by atoms with Crippen LogP contribution in [0.2, 0.25) is 0 Å². The highest BCUT2D eigenvalue weighted by Gasteiger charge is 2.18. The minimum Gasteiger partial charge on any atom is -0.385 e. The van der Waals surface area contributed by atoms with Crippen molar-refractivity contribution in [1.29, 1.82) is 0 Å². The summed E-state index contributed by atoms with van der Waals surface area (Å²) < 4.78 is 11.4. The van der Waals surface area contributed by atoms with Crippen molar-refractivity contribution in [2.75, 3.05) is 13.7 Å². The summed E-state index contributed by atoms with van der Waals surface area (Å²) in [6.07, 6.45) is 4.00. The van der Waals surface area contributed by atoms with E-state index in [9.17, 15) is 9.59 Å². The highest BCUT2D eigenvalue weighted by molar-refractivity contribution is 7.73. The van der Waals surface area contributed by atoms with E-state index in [1.165, 1.54) is 22.2 Å². The minimum absolute atomic E-state index is 0.0593. The molecule has 29 heavy (non-hydrogen) atoms. The molecule has 0 unspecified atom stereocenters. The number of hydrogen-bond acceptors (Lipinski definition) is 6. The van der Waals surface area contributed by atoms with Crippen LogP contribution < -0.4 is 5.56 Å². The lowest BCUT2D eigenvalue weighted by atomic mass is 10.1. The van der Waals surface area contributed by atoms with Gasteiger partial charge in [0.15, 0.2) is 15.4 Å². The molecule has 0 radical (unpaired) electrons. The average molecular weight is 433 g/mol. The van der Waals surface area contributed by atoms with Gasteiger partial charge >= 0.3 is 0 Å². The Balaban J connectivity index is 1.90. The van der Waals surface area contributed by atoms with Gasteiger partial charge in [-0.05, 0) is 38.6 Å². The Bertz CT molecular complexity index is 1180. The SMILES string of the molecule is C=CCn1c(=S)sc2c(=O)n(CC(=O)c3cc(C)n(CCCOC)c3C)cnc21. The van der Waals surface area contributed by atoms with Crippen molar-refractivity contribution in [2.45, 2.75) is 39.9 Å². The van der Waals surface area contributed by atoms with Crippen LogP contribution in [0.15, 0.2) is 29.8 Å². The van der Waals surface area contributed by atoms with Crippen LogP contribution >= 0.6 is 23.6 Å². The molecule has 0 aromatic carbocycles. The molecule has 0 saturated heterocycles. The van der Waals surface area contributed by atoms with E-state index in [4.69, 9.17) is 17.0 Å². The standard InChI is InChI=1S/C20H24N4O3S2/c1-5-7-24-18-17(29-20(24)28)19(26)22(12-21-18)11-16(25)15-10-13(2)23(14(15)3)8-6-9-27-4/h5,10,12H,1,6-9,11H2,2-4H3. The van der Waals surface area contributed by atoms with Crippen LogP contribution in [-0.4, -0.2) is 38.2 Å². The number of nitrogens with zero attached hydrogens (tertiary/aromatic N) is 4. The Labute approximate surface area is 177 Å². The molecule has 0 saturated carbocycles. The zero-order valence-electron chi connectivity index (χ0n) is 16.8. The number of aromatic nitrogens is 4. The van der Waals surface area contributed by atoms with Crippen molar-refractivity contribution in [1.82, 2.24) is 18.7 Å². The first kappa shape index (κ1) is 21.4. The van der Waals surface area contributed by atoms with Gasteiger partial charge in [0.25, 0.3) is 5.56 Å². The molecular weight excluding hydrogens is 408 g/mol. The van der Waals surface area contributed by atoms with Crippen molar-refractivity contribution in [2.24, 2.45) is 0 Å². The first-order chi connectivity index (χ1) is 13.9. The van der Waals surface area contributed by atoms with Gasteiger partial charge in [-0.1, -0.05) is 17.4 Å². The van der Waals surface area contributed by atoms with Crippen LogP contribution in [0.25, 0.3) is 10.3 Å². The fourth-order valence-corrected chi connectivity index (χ4v) is 4.72. The summed E-state index contributed by atoms with van der Waals surface area (Å²) in [5.41, 5.74) is 2.82. The predicted octanol–water partition coefficient (Wildman–Crippen LogP) is 3.51. The lowest BCUT2D eigenvalue weighted by Gasteiger charge is -2.09. The molecule has 0 amide bonds. The number of fused-ring (bicyclic) bond motifs is 1. The fourth-order valence-electron chi connectivity index (χ4n) is 3.41. The van der Waals surface area contributed by atoms with Crippen LogP contribution in [0, 0.1) is 17.8 Å². The molecule has 0 atom stereocenters. The van der Waals surface area contributed by atoms with E-state index in [1.54, 1.807) is 17.8 Å². The van der Waals surface area contributed by atoms with Crippen LogP contribution in [0.1, 0.15) is 28.2 Å². The summed E-state index contributed by atoms with van der Waals surface area (Å²) in [4.78, 5) is 30.2. The minimum atomic E-state index is -0.254. The van der Waals surface area contributed by atoms with Crippen molar-refractivity contribution >= 4 is 39.7 Å². The zero-order valence-corrected chi connectivity index (χ0v) is 18.4. The van der Waals surface area contributed by atoms with Gasteiger partial charge in [-0.2, -0.15) is 0 Å². The molecule has 3 aromatic heterocycles. The average Bonchev–Trinajstić information content (AvgIpc) is 3.16. The zero-order chi connectivity index (χ0) is 21.1. The molecule has 0 spiro atoms. The Morgan fingerprint density at radius 3 is 2.83 bits per heavy atom. The molecule has 3 heterocycles. The van der Waals surface area contributed by atoms with E-state index < -0.39 is 0 Å². The van der Waals surface area contributed by atoms with Crippen LogP contribution in [-0.2, 0) is 24.4 Å². The van der Waals surface area contributed by atoms with Crippen molar-refractivity contribution in [3.8, 4) is 0 Å². The smallest absolute Gasteiger partial charge is 0.273 e. The molecule has 0 aliphatic heterocycles. The van der Waals surface area contributed by atoms with Gasteiger partial charge in [-0.15, -0.1) is 6.58 Å². The maximum absolute atomic E-state index is 12.9. The van der Waals surface area contributed by atoms with Gasteiger partial charge in [-0.3, -0.25) is 14.2 Å². The van der Waals surface area contributed by atoms with E-state index in [1.807, 2.05) is 19.9 Å². The monoisotopic (exact) mass is 432 g/mol. The number of ketones is 1. The van der Waals surface area contributed by atoms with Gasteiger partial charge in [0, 0.05) is 43.8 Å². The Hall–Kier alpha value is -2.36. The predicted molar refractivity (Wildman–Crippen MR) is 118 cm³/mol. The summed E-state index contributed by atoms with van der Waals surface area (Å²) >= 11 is 6.54. The second-order valence-electron chi connectivity index (χ2n) is 6.80. The third kappa shape index (κ3) is 4.17. The number of ether oxygens (including phenoxy) is 1. The topological polar surface area (TPSA) is 71.0 Å². The molecule has 0 N–H and O–H groups in total. The van der Waals surface area contributed by atoms with E-state index in [0.717, 1.165) is 24.4 Å². The first-order valence-electron chi connectivity index (χ1n) is 9.27. The van der Waals surface area contributed by atoms with E-state index in [2.05, 4.69) is 16.1 Å². The molecule has 0 aliphatic rings. The van der Waals surface area contributed by atoms with Gasteiger partial charge in [-0.25, -0.2) is 4.98 Å². The molecular formula is C20H24N4O3S2. The second-order valence-corrected chi connectivity index (χ2v) is 8.45. The number of rotatable bonds is 9. The van der Waals surface area contributed by atoms with Crippen LogP contribution in [0.3, 0.4) is 0 Å². The molecule has 154 valence electrons. The normalized spacial score (nSPS) is 11.3. The lowest BCUT2D eigenvalue weighted by Crippen LogP contribution is -2.24. The summed E-state index contributed by atoms with van der Waals surface area (Å²) in [5.74, 6) is -0.117. The number of hydrogen-bond donors (Lipinski definition) is 0. The van der Waals surface area contributed by atoms with Crippen molar-refractivity contribution in [3.63, 3.8) is 0 Å². The Morgan fingerprint density at radius 2 is 2.14 bits per heavy atom. The van der Waals surface area contributed by atoms with E-state index >= 15 is 0 Å². The second kappa shape index (κ2) is 8.98. The maximum atomic E-state index is 12.9. The first-order valence-corrected chi connectivity index (χ1v) is 10.5. The summed E-state index contributed by atoms with van der Waals surface area (Å²) in [6, 6.07) is 1.88. The fraction of sp³-hybridized carbons (Fsp3) is 0.400. The highest BCUT2D eigenvalue weighted by Crippen LogP contribution is 2.19. The largest absolute Gasteiger partial charge is 0.385 e. The molecule has 3 rings (SSSR count). The number of carbonyl (C=O) groups is 1. The number of allylic oxidation sites excluding steroid dienone is 1. The molecule has 0 fully saturated rings. The van der Waals surface area contributed by atoms with E-state index in [0.29, 0.717) is 33.0 Å². The Morgan fingerprint density at radius 1 is 1.38 bits per heavy atom. The number of Topliss-reactive ketones (excluding diaryl/α,β-unsaturated/α-hetero) is 1. The van der Waals surface area contributed by atoms with Crippen molar-refractivity contribution in [3.05, 3.63) is 56.3 Å². The number of methoxy groups -OCH3 is 1. The van der Waals surface area contributed by atoms with Crippen LogP contribution in [0.4, 0.5) is 0 Å². The van der Waals surface area contributed by atoms with Gasteiger partial charge in [0.05, 0.1) is 6.54 Å². The number of carbonyl (C=O) groups excluding carboxylic acids is 1.